The van der Waals surface area contributed by atoms with Crippen LogP contribution in [-0.2, 0) is 6.42 Å². The van der Waals surface area contributed by atoms with E-state index in [-0.39, 0.29) is 5.82 Å². The summed E-state index contributed by atoms with van der Waals surface area (Å²) in [5, 5.41) is 3.33. The highest BCUT2D eigenvalue weighted by atomic mass is 32.1. The van der Waals surface area contributed by atoms with E-state index >= 15 is 0 Å². The number of thiol groups is 1. The minimum atomic E-state index is -0.123. The molecule has 3 heteroatoms. The molecule has 0 spiro atoms. The lowest BCUT2D eigenvalue weighted by molar-refractivity contribution is 0.616. The predicted molar refractivity (Wildman–Crippen MR) is 66.2 cm³/mol. The molecule has 0 saturated carbocycles. The van der Waals surface area contributed by atoms with Crippen LogP contribution in [0, 0.1) is 12.7 Å². The van der Waals surface area contributed by atoms with Crippen LogP contribution in [-0.4, -0.2) is 18.8 Å². The van der Waals surface area contributed by atoms with Gasteiger partial charge in [-0.1, -0.05) is 12.1 Å². The van der Waals surface area contributed by atoms with Crippen LogP contribution < -0.4 is 5.32 Å². The standard InChI is InChI=1S/C12H18FNS/c1-10-9-11(3-4-12(10)13)5-7-14-6-2-8-15/h3-4,9,14-15H,2,5-8H2,1H3. The van der Waals surface area contributed by atoms with Gasteiger partial charge in [-0.25, -0.2) is 4.39 Å². The van der Waals surface area contributed by atoms with E-state index in [1.807, 2.05) is 12.1 Å². The molecule has 1 nitrogen and oxygen atoms in total. The number of halogens is 1. The van der Waals surface area contributed by atoms with Crippen molar-refractivity contribution in [2.45, 2.75) is 19.8 Å². The maximum absolute atomic E-state index is 13.0. The van der Waals surface area contributed by atoms with E-state index in [9.17, 15) is 4.39 Å². The third-order valence-corrected chi connectivity index (χ3v) is 2.64. The molecule has 0 fully saturated rings. The minimum Gasteiger partial charge on any atom is -0.316 e. The van der Waals surface area contributed by atoms with Gasteiger partial charge in [-0.2, -0.15) is 12.6 Å². The number of aryl methyl sites for hydroxylation is 1. The fraction of sp³-hybridized carbons (Fsp3) is 0.500. The van der Waals surface area contributed by atoms with E-state index in [2.05, 4.69) is 17.9 Å². The molecule has 0 unspecified atom stereocenters. The molecule has 0 radical (unpaired) electrons. The molecular weight excluding hydrogens is 209 g/mol. The number of hydrogen-bond donors (Lipinski definition) is 2. The van der Waals surface area contributed by atoms with Gasteiger partial charge in [-0.3, -0.25) is 0 Å². The molecule has 0 amide bonds. The summed E-state index contributed by atoms with van der Waals surface area (Å²) in [5.74, 6) is 0.796. The Labute approximate surface area is 96.5 Å². The molecule has 0 atom stereocenters. The monoisotopic (exact) mass is 227 g/mol. The molecule has 15 heavy (non-hydrogen) atoms. The Morgan fingerprint density at radius 1 is 1.33 bits per heavy atom. The minimum absolute atomic E-state index is 0.123. The molecule has 0 aliphatic carbocycles. The van der Waals surface area contributed by atoms with Crippen molar-refractivity contribution >= 4 is 12.6 Å². The van der Waals surface area contributed by atoms with E-state index in [1.165, 1.54) is 5.56 Å². The van der Waals surface area contributed by atoms with E-state index in [4.69, 9.17) is 0 Å². The lowest BCUT2D eigenvalue weighted by Gasteiger charge is -2.05. The van der Waals surface area contributed by atoms with Crippen LogP contribution in [0.2, 0.25) is 0 Å². The van der Waals surface area contributed by atoms with Gasteiger partial charge in [0.1, 0.15) is 5.82 Å². The molecule has 84 valence electrons. The first kappa shape index (κ1) is 12.5. The van der Waals surface area contributed by atoms with Gasteiger partial charge in [0.05, 0.1) is 0 Å². The molecule has 0 bridgehead atoms. The molecule has 0 saturated heterocycles. The summed E-state index contributed by atoms with van der Waals surface area (Å²) in [5.41, 5.74) is 1.91. The predicted octanol–water partition coefficient (Wildman–Crippen LogP) is 2.59. The van der Waals surface area contributed by atoms with Gasteiger partial charge in [-0.05, 0) is 55.8 Å². The summed E-state index contributed by atoms with van der Waals surface area (Å²) in [7, 11) is 0. The van der Waals surface area contributed by atoms with Crippen LogP contribution in [0.4, 0.5) is 4.39 Å². The van der Waals surface area contributed by atoms with Gasteiger partial charge in [0.15, 0.2) is 0 Å². The van der Waals surface area contributed by atoms with Gasteiger partial charge in [0.2, 0.25) is 0 Å². The zero-order valence-electron chi connectivity index (χ0n) is 9.09. The van der Waals surface area contributed by atoms with E-state index in [0.29, 0.717) is 0 Å². The number of rotatable bonds is 6. The van der Waals surface area contributed by atoms with Crippen LogP contribution >= 0.6 is 12.6 Å². The number of nitrogens with one attached hydrogen (secondary N) is 1. The third-order valence-electron chi connectivity index (χ3n) is 2.32. The fourth-order valence-corrected chi connectivity index (χ4v) is 1.58. The highest BCUT2D eigenvalue weighted by Crippen LogP contribution is 2.09. The maximum Gasteiger partial charge on any atom is 0.126 e. The molecular formula is C12H18FNS. The summed E-state index contributed by atoms with van der Waals surface area (Å²) >= 11 is 4.14. The molecule has 1 aromatic rings. The Morgan fingerprint density at radius 3 is 2.80 bits per heavy atom. The zero-order chi connectivity index (χ0) is 11.1. The molecule has 0 heterocycles. The Morgan fingerprint density at radius 2 is 2.13 bits per heavy atom. The van der Waals surface area contributed by atoms with Crippen molar-refractivity contribution in [1.29, 1.82) is 0 Å². The van der Waals surface area contributed by atoms with Crippen molar-refractivity contribution in [2.24, 2.45) is 0 Å². The van der Waals surface area contributed by atoms with Gasteiger partial charge in [-0.15, -0.1) is 0 Å². The largest absolute Gasteiger partial charge is 0.316 e. The SMILES string of the molecule is Cc1cc(CCNCCCS)ccc1F. The summed E-state index contributed by atoms with van der Waals surface area (Å²) in [6.45, 7) is 3.75. The van der Waals surface area contributed by atoms with Crippen LogP contribution in [0.15, 0.2) is 18.2 Å². The molecule has 1 aromatic carbocycles. The Kier molecular flexibility index (Phi) is 5.73. The Hall–Kier alpha value is -0.540. The summed E-state index contributed by atoms with van der Waals surface area (Å²) in [6, 6.07) is 5.30. The Bertz CT molecular complexity index is 302. The lowest BCUT2D eigenvalue weighted by atomic mass is 10.1. The average molecular weight is 227 g/mol. The normalized spacial score (nSPS) is 10.6. The van der Waals surface area contributed by atoms with Crippen LogP contribution in [0.1, 0.15) is 17.5 Å². The van der Waals surface area contributed by atoms with Crippen molar-refractivity contribution in [1.82, 2.24) is 5.32 Å². The van der Waals surface area contributed by atoms with Gasteiger partial charge >= 0.3 is 0 Å². The smallest absolute Gasteiger partial charge is 0.126 e. The van der Waals surface area contributed by atoms with Gasteiger partial charge < -0.3 is 5.32 Å². The second-order valence-electron chi connectivity index (χ2n) is 3.66. The average Bonchev–Trinajstić information content (AvgIpc) is 2.23. The lowest BCUT2D eigenvalue weighted by Crippen LogP contribution is -2.18. The van der Waals surface area contributed by atoms with Crippen LogP contribution in [0.5, 0.6) is 0 Å². The van der Waals surface area contributed by atoms with E-state index in [0.717, 1.165) is 37.2 Å². The van der Waals surface area contributed by atoms with Crippen LogP contribution in [0.25, 0.3) is 0 Å². The van der Waals surface area contributed by atoms with Crippen molar-refractivity contribution in [3.05, 3.63) is 35.1 Å². The first-order valence-corrected chi connectivity index (χ1v) is 5.94. The van der Waals surface area contributed by atoms with Gasteiger partial charge in [0, 0.05) is 0 Å². The first-order chi connectivity index (χ1) is 7.24. The third kappa shape index (κ3) is 4.67. The number of benzene rings is 1. The van der Waals surface area contributed by atoms with Crippen molar-refractivity contribution in [2.75, 3.05) is 18.8 Å². The second kappa shape index (κ2) is 6.85. The fourth-order valence-electron chi connectivity index (χ4n) is 1.42. The van der Waals surface area contributed by atoms with Crippen molar-refractivity contribution in [3.8, 4) is 0 Å². The van der Waals surface area contributed by atoms with Crippen molar-refractivity contribution < 1.29 is 4.39 Å². The highest BCUT2D eigenvalue weighted by Gasteiger charge is 1.98. The molecule has 1 N–H and O–H groups in total. The Balaban J connectivity index is 2.28. The molecule has 1 rings (SSSR count). The van der Waals surface area contributed by atoms with Crippen molar-refractivity contribution in [3.63, 3.8) is 0 Å². The molecule has 0 aliphatic rings. The summed E-state index contributed by atoms with van der Waals surface area (Å²) in [6.07, 6.45) is 2.04. The molecule has 0 aromatic heterocycles. The van der Waals surface area contributed by atoms with Crippen LogP contribution in [0.3, 0.4) is 0 Å². The summed E-state index contributed by atoms with van der Waals surface area (Å²) in [4.78, 5) is 0. The summed E-state index contributed by atoms with van der Waals surface area (Å²) < 4.78 is 13.0. The highest BCUT2D eigenvalue weighted by molar-refractivity contribution is 7.80. The topological polar surface area (TPSA) is 12.0 Å². The first-order valence-electron chi connectivity index (χ1n) is 5.30. The van der Waals surface area contributed by atoms with E-state index in [1.54, 1.807) is 13.0 Å². The zero-order valence-corrected chi connectivity index (χ0v) is 9.99. The number of hydrogen-bond acceptors (Lipinski definition) is 2. The van der Waals surface area contributed by atoms with E-state index < -0.39 is 0 Å². The molecule has 0 aliphatic heterocycles. The maximum atomic E-state index is 13.0. The van der Waals surface area contributed by atoms with Gasteiger partial charge in [0.25, 0.3) is 0 Å². The second-order valence-corrected chi connectivity index (χ2v) is 4.11. The quantitative estimate of drug-likeness (QED) is 0.562.